The molecule has 0 spiro atoms. The lowest BCUT2D eigenvalue weighted by Crippen LogP contribution is -2.43. The van der Waals surface area contributed by atoms with Crippen molar-refractivity contribution in [2.75, 3.05) is 20.1 Å². The van der Waals surface area contributed by atoms with Crippen LogP contribution in [0.2, 0.25) is 0 Å². The molecule has 0 heterocycles. The van der Waals surface area contributed by atoms with Gasteiger partial charge in [-0.25, -0.2) is 0 Å². The Kier molecular flexibility index (Phi) is 16.3. The summed E-state index contributed by atoms with van der Waals surface area (Å²) in [7, 11) is 2.43. The van der Waals surface area contributed by atoms with Crippen LogP contribution in [0.3, 0.4) is 0 Å². The second-order valence-electron chi connectivity index (χ2n) is 9.61. The SMILES string of the molecule is CCCCCCCCCCCCCCCCCC[N+](C)(CC)Cc1ccccc1. The number of hydrogen-bond donors (Lipinski definition) is 0. The minimum Gasteiger partial charge on any atom is -0.323 e. The number of rotatable bonds is 20. The Morgan fingerprint density at radius 3 is 1.38 bits per heavy atom. The average molecular weight is 403 g/mol. The summed E-state index contributed by atoms with van der Waals surface area (Å²) in [5.74, 6) is 0. The quantitative estimate of drug-likeness (QED) is 0.151. The highest BCUT2D eigenvalue weighted by Gasteiger charge is 2.18. The van der Waals surface area contributed by atoms with E-state index in [4.69, 9.17) is 0 Å². The Labute approximate surface area is 183 Å². The molecule has 0 bridgehead atoms. The Hall–Kier alpha value is -0.820. The first kappa shape index (κ1) is 26.2. The lowest BCUT2D eigenvalue weighted by Gasteiger charge is -2.33. The molecule has 1 heteroatoms. The van der Waals surface area contributed by atoms with E-state index in [-0.39, 0.29) is 0 Å². The molecule has 0 aromatic heterocycles. The first-order valence-corrected chi connectivity index (χ1v) is 13.1. The van der Waals surface area contributed by atoms with E-state index < -0.39 is 0 Å². The molecule has 1 unspecified atom stereocenters. The highest BCUT2D eigenvalue weighted by Crippen LogP contribution is 2.16. The van der Waals surface area contributed by atoms with Gasteiger partial charge in [-0.1, -0.05) is 127 Å². The van der Waals surface area contributed by atoms with Crippen LogP contribution in [0, 0.1) is 0 Å². The minimum absolute atomic E-state index is 1.18. The fourth-order valence-electron chi connectivity index (χ4n) is 4.41. The number of nitrogens with zero attached hydrogens (tertiary/aromatic N) is 1. The standard InChI is InChI=1S/C28H52N/c1-4-6-7-8-9-10-11-12-13-14-15-16-17-18-19-23-26-29(3,5-2)27-28-24-21-20-22-25-28/h20-22,24-25H,4-19,23,26-27H2,1-3H3/q+1. The predicted octanol–water partition coefficient (Wildman–Crippen LogP) is 8.91. The molecule has 0 aliphatic rings. The second-order valence-corrected chi connectivity index (χ2v) is 9.61. The Bertz CT molecular complexity index is 455. The van der Waals surface area contributed by atoms with Crippen molar-refractivity contribution in [3.8, 4) is 0 Å². The van der Waals surface area contributed by atoms with Gasteiger partial charge in [0.2, 0.25) is 0 Å². The molecule has 1 nitrogen and oxygen atoms in total. The second kappa shape index (κ2) is 18.0. The van der Waals surface area contributed by atoms with E-state index in [0.29, 0.717) is 0 Å². The predicted molar refractivity (Wildman–Crippen MR) is 131 cm³/mol. The molecule has 0 saturated heterocycles. The van der Waals surface area contributed by atoms with Crippen molar-refractivity contribution >= 4 is 0 Å². The summed E-state index contributed by atoms with van der Waals surface area (Å²) in [5, 5.41) is 0. The molecule has 1 aromatic rings. The number of unbranched alkanes of at least 4 members (excludes halogenated alkanes) is 15. The van der Waals surface area contributed by atoms with Gasteiger partial charge in [-0.3, -0.25) is 0 Å². The van der Waals surface area contributed by atoms with Crippen molar-refractivity contribution in [2.24, 2.45) is 0 Å². The fraction of sp³-hybridized carbons (Fsp3) is 0.786. The summed E-state index contributed by atoms with van der Waals surface area (Å²) >= 11 is 0. The van der Waals surface area contributed by atoms with Crippen LogP contribution in [0.1, 0.15) is 122 Å². The summed E-state index contributed by atoms with van der Waals surface area (Å²) in [6, 6.07) is 11.0. The smallest absolute Gasteiger partial charge is 0.104 e. The van der Waals surface area contributed by atoms with Gasteiger partial charge >= 0.3 is 0 Å². The maximum absolute atomic E-state index is 2.43. The third-order valence-corrected chi connectivity index (χ3v) is 6.72. The van der Waals surface area contributed by atoms with Crippen molar-refractivity contribution in [2.45, 2.75) is 123 Å². The van der Waals surface area contributed by atoms with Gasteiger partial charge in [-0.2, -0.15) is 0 Å². The van der Waals surface area contributed by atoms with Crippen LogP contribution in [0.4, 0.5) is 0 Å². The third-order valence-electron chi connectivity index (χ3n) is 6.72. The summed E-state index contributed by atoms with van der Waals surface area (Å²) in [6.07, 6.45) is 23.2. The van der Waals surface area contributed by atoms with Crippen LogP contribution < -0.4 is 0 Å². The zero-order valence-electron chi connectivity index (χ0n) is 20.3. The monoisotopic (exact) mass is 402 g/mol. The van der Waals surface area contributed by atoms with Crippen molar-refractivity contribution in [1.29, 1.82) is 0 Å². The van der Waals surface area contributed by atoms with Crippen molar-refractivity contribution < 1.29 is 4.48 Å². The van der Waals surface area contributed by atoms with Crippen LogP contribution in [0.5, 0.6) is 0 Å². The molecule has 29 heavy (non-hydrogen) atoms. The van der Waals surface area contributed by atoms with Gasteiger partial charge in [0.25, 0.3) is 0 Å². The summed E-state index contributed by atoms with van der Waals surface area (Å²) < 4.78 is 1.18. The van der Waals surface area contributed by atoms with Gasteiger partial charge in [0.15, 0.2) is 0 Å². The molecule has 0 amide bonds. The third kappa shape index (κ3) is 14.8. The van der Waals surface area contributed by atoms with E-state index in [1.807, 2.05) is 0 Å². The molecule has 0 saturated carbocycles. The summed E-state index contributed by atoms with van der Waals surface area (Å²) in [4.78, 5) is 0. The average Bonchev–Trinajstić information content (AvgIpc) is 2.74. The van der Waals surface area contributed by atoms with Gasteiger partial charge in [0, 0.05) is 5.56 Å². The first-order chi connectivity index (χ1) is 14.2. The van der Waals surface area contributed by atoms with Crippen LogP contribution >= 0.6 is 0 Å². The number of benzene rings is 1. The first-order valence-electron chi connectivity index (χ1n) is 13.1. The van der Waals surface area contributed by atoms with Crippen molar-refractivity contribution in [1.82, 2.24) is 0 Å². The zero-order valence-corrected chi connectivity index (χ0v) is 20.3. The molecule has 0 aliphatic heterocycles. The highest BCUT2D eigenvalue weighted by molar-refractivity contribution is 5.13. The van der Waals surface area contributed by atoms with Crippen LogP contribution in [-0.4, -0.2) is 24.6 Å². The molecule has 0 radical (unpaired) electrons. The van der Waals surface area contributed by atoms with Crippen molar-refractivity contribution in [3.63, 3.8) is 0 Å². The van der Waals surface area contributed by atoms with Crippen LogP contribution in [-0.2, 0) is 6.54 Å². The zero-order chi connectivity index (χ0) is 21.0. The molecular formula is C28H52N+. The lowest BCUT2D eigenvalue weighted by atomic mass is 10.0. The maximum atomic E-state index is 2.43. The summed E-state index contributed by atoms with van der Waals surface area (Å²) in [5.41, 5.74) is 1.48. The van der Waals surface area contributed by atoms with Crippen molar-refractivity contribution in [3.05, 3.63) is 35.9 Å². The molecule has 0 aliphatic carbocycles. The molecule has 0 fully saturated rings. The van der Waals surface area contributed by atoms with E-state index in [2.05, 4.69) is 51.2 Å². The molecule has 1 rings (SSSR count). The molecule has 168 valence electrons. The molecule has 1 atom stereocenters. The van der Waals surface area contributed by atoms with E-state index in [1.165, 1.54) is 132 Å². The number of hydrogen-bond acceptors (Lipinski definition) is 0. The van der Waals surface area contributed by atoms with E-state index in [0.717, 1.165) is 0 Å². The number of quaternary nitrogens is 1. The van der Waals surface area contributed by atoms with E-state index in [9.17, 15) is 0 Å². The Balaban J connectivity index is 1.89. The van der Waals surface area contributed by atoms with Gasteiger partial charge in [-0.15, -0.1) is 0 Å². The van der Waals surface area contributed by atoms with Gasteiger partial charge in [0.05, 0.1) is 20.1 Å². The molecule has 1 aromatic carbocycles. The largest absolute Gasteiger partial charge is 0.323 e. The van der Waals surface area contributed by atoms with Gasteiger partial charge < -0.3 is 4.48 Å². The minimum atomic E-state index is 1.18. The molecular weight excluding hydrogens is 350 g/mol. The summed E-state index contributed by atoms with van der Waals surface area (Å²) in [6.45, 7) is 8.37. The lowest BCUT2D eigenvalue weighted by molar-refractivity contribution is -0.921. The van der Waals surface area contributed by atoms with Crippen LogP contribution in [0.15, 0.2) is 30.3 Å². The van der Waals surface area contributed by atoms with E-state index in [1.54, 1.807) is 0 Å². The van der Waals surface area contributed by atoms with Gasteiger partial charge in [-0.05, 0) is 19.8 Å². The topological polar surface area (TPSA) is 0 Å². The Morgan fingerprint density at radius 2 is 0.966 bits per heavy atom. The van der Waals surface area contributed by atoms with E-state index >= 15 is 0 Å². The fourth-order valence-corrected chi connectivity index (χ4v) is 4.41. The van der Waals surface area contributed by atoms with Crippen LogP contribution in [0.25, 0.3) is 0 Å². The van der Waals surface area contributed by atoms with Gasteiger partial charge in [0.1, 0.15) is 6.54 Å². The highest BCUT2D eigenvalue weighted by atomic mass is 15.3. The molecule has 0 N–H and O–H groups in total. The normalized spacial score (nSPS) is 13.5. The Morgan fingerprint density at radius 1 is 0.552 bits per heavy atom. The maximum Gasteiger partial charge on any atom is 0.104 e.